The molecule has 2 amide bonds. The summed E-state index contributed by atoms with van der Waals surface area (Å²) in [5.74, 6) is -0.582. The van der Waals surface area contributed by atoms with Crippen molar-refractivity contribution in [1.29, 1.82) is 0 Å². The van der Waals surface area contributed by atoms with Gasteiger partial charge in [0.1, 0.15) is 0 Å². The first-order valence-electron chi connectivity index (χ1n) is 6.61. The van der Waals surface area contributed by atoms with Gasteiger partial charge in [0.25, 0.3) is 5.91 Å². The van der Waals surface area contributed by atoms with Crippen LogP contribution in [0.4, 0.5) is 5.69 Å². The number of amides is 2. The molecular weight excluding hydrogens is 270 g/mol. The van der Waals surface area contributed by atoms with Crippen LogP contribution < -0.4 is 16.4 Å². The second-order valence-corrected chi connectivity index (χ2v) is 4.66. The fraction of sp³-hybridized carbons (Fsp3) is 0.333. The number of benzene rings is 1. The topological polar surface area (TPSA) is 93.5 Å². The number of nitrogen functional groups attached to an aromatic ring is 1. The summed E-state index contributed by atoms with van der Waals surface area (Å²) >= 11 is 0. The predicted octanol–water partition coefficient (Wildman–Crippen LogP) is 0.708. The molecule has 0 aliphatic carbocycles. The Morgan fingerprint density at radius 1 is 1.24 bits per heavy atom. The molecule has 6 nitrogen and oxygen atoms in total. The van der Waals surface area contributed by atoms with E-state index in [-0.39, 0.29) is 18.4 Å². The van der Waals surface area contributed by atoms with Crippen molar-refractivity contribution in [3.63, 3.8) is 0 Å². The zero-order valence-electron chi connectivity index (χ0n) is 12.1. The van der Waals surface area contributed by atoms with E-state index in [1.807, 2.05) is 6.92 Å². The smallest absolute Gasteiger partial charge is 0.251 e. The molecule has 0 fully saturated rings. The van der Waals surface area contributed by atoms with E-state index >= 15 is 0 Å². The minimum atomic E-state index is -0.316. The van der Waals surface area contributed by atoms with Crippen LogP contribution in [0, 0.1) is 0 Å². The first-order valence-corrected chi connectivity index (χ1v) is 6.61. The standard InChI is InChI=1S/C15H21N3O3/c1-11(2)10-21-8-7-17-14(19)9-18-15(20)12-3-5-13(16)6-4-12/h3-6H,1,7-10,16H2,2H3,(H,17,19)(H,18,20). The average molecular weight is 291 g/mol. The van der Waals surface area contributed by atoms with E-state index in [0.29, 0.717) is 31.0 Å². The Morgan fingerprint density at radius 2 is 1.90 bits per heavy atom. The highest BCUT2D eigenvalue weighted by molar-refractivity contribution is 5.96. The van der Waals surface area contributed by atoms with Crippen LogP contribution >= 0.6 is 0 Å². The molecule has 0 heterocycles. The summed E-state index contributed by atoms with van der Waals surface area (Å²) in [4.78, 5) is 23.3. The highest BCUT2D eigenvalue weighted by Crippen LogP contribution is 2.04. The van der Waals surface area contributed by atoms with Crippen LogP contribution in [0.2, 0.25) is 0 Å². The average Bonchev–Trinajstić information content (AvgIpc) is 2.44. The molecule has 1 aromatic carbocycles. The van der Waals surface area contributed by atoms with Gasteiger partial charge in [-0.3, -0.25) is 9.59 Å². The van der Waals surface area contributed by atoms with Crippen molar-refractivity contribution >= 4 is 17.5 Å². The summed E-state index contributed by atoms with van der Waals surface area (Å²) in [5, 5.41) is 5.17. The maximum atomic E-state index is 11.7. The number of nitrogens with one attached hydrogen (secondary N) is 2. The molecule has 1 aromatic rings. The molecule has 114 valence electrons. The van der Waals surface area contributed by atoms with E-state index in [2.05, 4.69) is 17.2 Å². The van der Waals surface area contributed by atoms with Crippen LogP contribution in [0.5, 0.6) is 0 Å². The van der Waals surface area contributed by atoms with Crippen molar-refractivity contribution in [2.75, 3.05) is 32.0 Å². The van der Waals surface area contributed by atoms with Crippen LogP contribution in [-0.2, 0) is 9.53 Å². The first kappa shape index (κ1) is 16.7. The van der Waals surface area contributed by atoms with Crippen LogP contribution in [0.25, 0.3) is 0 Å². The molecule has 4 N–H and O–H groups in total. The summed E-state index contributed by atoms with van der Waals surface area (Å²) < 4.78 is 5.24. The molecule has 0 atom stereocenters. The van der Waals surface area contributed by atoms with Gasteiger partial charge in [-0.1, -0.05) is 12.2 Å². The monoisotopic (exact) mass is 291 g/mol. The van der Waals surface area contributed by atoms with E-state index < -0.39 is 0 Å². The number of carbonyl (C=O) groups is 2. The Labute approximate surface area is 124 Å². The molecule has 0 saturated heterocycles. The molecule has 6 heteroatoms. The zero-order chi connectivity index (χ0) is 15.7. The summed E-state index contributed by atoms with van der Waals surface area (Å²) in [5.41, 5.74) is 7.50. The lowest BCUT2D eigenvalue weighted by Crippen LogP contribution is -2.38. The lowest BCUT2D eigenvalue weighted by atomic mass is 10.2. The predicted molar refractivity (Wildman–Crippen MR) is 81.8 cm³/mol. The number of anilines is 1. The molecule has 0 saturated carbocycles. The van der Waals surface area contributed by atoms with Gasteiger partial charge in [0, 0.05) is 17.8 Å². The maximum Gasteiger partial charge on any atom is 0.251 e. The number of nitrogens with two attached hydrogens (primary N) is 1. The molecule has 1 rings (SSSR count). The van der Waals surface area contributed by atoms with Crippen molar-refractivity contribution in [1.82, 2.24) is 10.6 Å². The molecule has 0 aliphatic heterocycles. The van der Waals surface area contributed by atoms with Gasteiger partial charge in [-0.05, 0) is 31.2 Å². The Kier molecular flexibility index (Phi) is 6.97. The number of carbonyl (C=O) groups excluding carboxylic acids is 2. The van der Waals surface area contributed by atoms with Crippen LogP contribution in [0.15, 0.2) is 36.4 Å². The Morgan fingerprint density at radius 3 is 2.52 bits per heavy atom. The summed E-state index contributed by atoms with van der Waals surface area (Å²) in [6.45, 7) is 6.77. The lowest BCUT2D eigenvalue weighted by Gasteiger charge is -2.08. The van der Waals surface area contributed by atoms with Gasteiger partial charge in [0.05, 0.1) is 19.8 Å². The van der Waals surface area contributed by atoms with E-state index in [4.69, 9.17) is 10.5 Å². The minimum Gasteiger partial charge on any atom is -0.399 e. The molecule has 0 radical (unpaired) electrons. The zero-order valence-corrected chi connectivity index (χ0v) is 12.1. The van der Waals surface area contributed by atoms with Crippen LogP contribution in [0.1, 0.15) is 17.3 Å². The largest absolute Gasteiger partial charge is 0.399 e. The van der Waals surface area contributed by atoms with Gasteiger partial charge in [0.15, 0.2) is 0 Å². The number of hydrogen-bond acceptors (Lipinski definition) is 4. The molecule has 0 aliphatic rings. The first-order chi connectivity index (χ1) is 9.99. The van der Waals surface area contributed by atoms with Crippen molar-refractivity contribution in [2.24, 2.45) is 0 Å². The second-order valence-electron chi connectivity index (χ2n) is 4.66. The van der Waals surface area contributed by atoms with Gasteiger partial charge in [-0.15, -0.1) is 0 Å². The van der Waals surface area contributed by atoms with Crippen molar-refractivity contribution in [3.05, 3.63) is 42.0 Å². The third kappa shape index (κ3) is 7.12. The quantitative estimate of drug-likeness (QED) is 0.373. The summed E-state index contributed by atoms with van der Waals surface area (Å²) in [6, 6.07) is 6.48. The van der Waals surface area contributed by atoms with Gasteiger partial charge >= 0.3 is 0 Å². The molecule has 0 bridgehead atoms. The Bertz CT molecular complexity index is 497. The minimum absolute atomic E-state index is 0.0797. The van der Waals surface area contributed by atoms with Gasteiger partial charge in [-0.25, -0.2) is 0 Å². The van der Waals surface area contributed by atoms with E-state index in [0.717, 1.165) is 5.57 Å². The lowest BCUT2D eigenvalue weighted by molar-refractivity contribution is -0.120. The van der Waals surface area contributed by atoms with Crippen molar-refractivity contribution in [2.45, 2.75) is 6.92 Å². The molecule has 0 aromatic heterocycles. The summed E-state index contributed by atoms with van der Waals surface area (Å²) in [6.07, 6.45) is 0. The SMILES string of the molecule is C=C(C)COCCNC(=O)CNC(=O)c1ccc(N)cc1. The van der Waals surface area contributed by atoms with Gasteiger partial charge in [-0.2, -0.15) is 0 Å². The van der Waals surface area contributed by atoms with E-state index in [1.54, 1.807) is 24.3 Å². The Hall–Kier alpha value is -2.34. The Balaban J connectivity index is 2.19. The normalized spacial score (nSPS) is 9.95. The highest BCUT2D eigenvalue weighted by atomic mass is 16.5. The van der Waals surface area contributed by atoms with Gasteiger partial charge < -0.3 is 21.1 Å². The fourth-order valence-electron chi connectivity index (χ4n) is 1.47. The molecule has 0 unspecified atom stereocenters. The highest BCUT2D eigenvalue weighted by Gasteiger charge is 2.07. The van der Waals surface area contributed by atoms with Crippen LogP contribution in [-0.4, -0.2) is 38.1 Å². The third-order valence-electron chi connectivity index (χ3n) is 2.50. The summed E-state index contributed by atoms with van der Waals surface area (Å²) in [7, 11) is 0. The maximum absolute atomic E-state index is 11.7. The van der Waals surface area contributed by atoms with Gasteiger partial charge in [0.2, 0.25) is 5.91 Å². The number of rotatable bonds is 8. The third-order valence-corrected chi connectivity index (χ3v) is 2.50. The molecule has 0 spiro atoms. The van der Waals surface area contributed by atoms with Crippen molar-refractivity contribution in [3.8, 4) is 0 Å². The number of ether oxygens (including phenoxy) is 1. The second kappa shape index (κ2) is 8.76. The number of hydrogen-bond donors (Lipinski definition) is 3. The molecular formula is C15H21N3O3. The van der Waals surface area contributed by atoms with Crippen LogP contribution in [0.3, 0.4) is 0 Å². The fourth-order valence-corrected chi connectivity index (χ4v) is 1.47. The van der Waals surface area contributed by atoms with E-state index in [9.17, 15) is 9.59 Å². The van der Waals surface area contributed by atoms with E-state index in [1.165, 1.54) is 0 Å². The molecule has 21 heavy (non-hydrogen) atoms. The van der Waals surface area contributed by atoms with Crippen molar-refractivity contribution < 1.29 is 14.3 Å².